The zero-order chi connectivity index (χ0) is 28.4. The summed E-state index contributed by atoms with van der Waals surface area (Å²) in [6.07, 6.45) is 13.3. The number of carboxylic acid groups (broad SMARTS) is 1. The standard InChI is InChI=1S/C17H17ClN2O.C11H16O3.C2H4/c1-4-14(19-3)7-5-12-6-8-16-15(17(21)11(12)2)9-13(18)10-20-16;1-3-4-7-10(11(13)14)9(2)6-5-8-12;1-2/h4-10,19H,1-3H3;4,7-8H,3,5-6H2,1-2H3,(H,13,14);1-2H2/b7-5-,14-4+;7-4-,10-9-;. The molecule has 1 heterocycles. The Morgan fingerprint density at radius 2 is 1.92 bits per heavy atom. The molecule has 0 radical (unpaired) electrons. The SMILES string of the molecule is C/C=C(\C=C/c1ccc2ncc(Cl)cc2c(=O)c1C)NC.C=C.CC/C=C\C(C(=O)O)=C(/C)CCC=O. The van der Waals surface area contributed by atoms with Gasteiger partial charge in [-0.05, 0) is 57.4 Å². The molecule has 2 N–H and O–H groups in total. The lowest BCUT2D eigenvalue weighted by Crippen LogP contribution is -2.04. The van der Waals surface area contributed by atoms with Crippen LogP contribution < -0.4 is 10.7 Å². The summed E-state index contributed by atoms with van der Waals surface area (Å²) >= 11 is 5.94. The second-order valence-corrected chi connectivity index (χ2v) is 8.11. The van der Waals surface area contributed by atoms with Crippen molar-refractivity contribution in [2.24, 2.45) is 0 Å². The molecule has 1 aromatic carbocycles. The van der Waals surface area contributed by atoms with Gasteiger partial charge in [0.15, 0.2) is 5.43 Å². The summed E-state index contributed by atoms with van der Waals surface area (Å²) in [4.78, 5) is 37.7. The molecule has 0 spiro atoms. The van der Waals surface area contributed by atoms with E-state index in [2.05, 4.69) is 23.5 Å². The first kappa shape index (κ1) is 33.2. The first-order valence-corrected chi connectivity index (χ1v) is 12.2. The Kier molecular flexibility index (Phi) is 16.6. The van der Waals surface area contributed by atoms with E-state index in [0.29, 0.717) is 39.9 Å². The Balaban J connectivity index is 0.000000709. The number of hydrogen-bond donors (Lipinski definition) is 2. The first-order chi connectivity index (χ1) is 17.7. The molecule has 0 unspecified atom stereocenters. The van der Waals surface area contributed by atoms with Gasteiger partial charge in [0, 0.05) is 36.3 Å². The van der Waals surface area contributed by atoms with E-state index in [1.165, 1.54) is 0 Å². The van der Waals surface area contributed by atoms with Crippen LogP contribution in [-0.2, 0) is 9.59 Å². The number of aromatic nitrogens is 1. The molecule has 0 atom stereocenters. The minimum absolute atomic E-state index is 0.0452. The van der Waals surface area contributed by atoms with E-state index in [4.69, 9.17) is 16.7 Å². The quantitative estimate of drug-likeness (QED) is 0.161. The number of carboxylic acids is 1. The topological polar surface area (TPSA) is 96.4 Å². The van der Waals surface area contributed by atoms with Gasteiger partial charge in [0.1, 0.15) is 6.29 Å². The van der Waals surface area contributed by atoms with Crippen molar-refractivity contribution in [3.8, 4) is 0 Å². The van der Waals surface area contributed by atoms with E-state index >= 15 is 0 Å². The van der Waals surface area contributed by atoms with Crippen molar-refractivity contribution in [2.45, 2.75) is 47.0 Å². The lowest BCUT2D eigenvalue weighted by Gasteiger charge is -2.01. The highest BCUT2D eigenvalue weighted by molar-refractivity contribution is 6.31. The number of fused-ring (bicyclic) bond motifs is 1. The zero-order valence-electron chi connectivity index (χ0n) is 22.3. The largest absolute Gasteiger partial charge is 0.478 e. The minimum atomic E-state index is -0.932. The Morgan fingerprint density at radius 1 is 1.24 bits per heavy atom. The fourth-order valence-electron chi connectivity index (χ4n) is 3.12. The van der Waals surface area contributed by atoms with E-state index in [-0.39, 0.29) is 5.43 Å². The predicted molar refractivity (Wildman–Crippen MR) is 156 cm³/mol. The highest BCUT2D eigenvalue weighted by Gasteiger charge is 2.07. The number of rotatable bonds is 9. The van der Waals surface area contributed by atoms with Crippen LogP contribution in [0.5, 0.6) is 0 Å². The average Bonchev–Trinajstić information content (AvgIpc) is 3.01. The number of pyridine rings is 1. The van der Waals surface area contributed by atoms with Crippen LogP contribution in [0.3, 0.4) is 0 Å². The first-order valence-electron chi connectivity index (χ1n) is 11.8. The number of likely N-dealkylation sites (N-methyl/N-ethyl adjacent to an activating group) is 1. The summed E-state index contributed by atoms with van der Waals surface area (Å²) in [5, 5.41) is 13.0. The Labute approximate surface area is 224 Å². The molecule has 0 saturated carbocycles. The molecule has 0 amide bonds. The van der Waals surface area contributed by atoms with Crippen LogP contribution in [0.2, 0.25) is 5.02 Å². The van der Waals surface area contributed by atoms with E-state index in [0.717, 1.165) is 29.5 Å². The van der Waals surface area contributed by atoms with Crippen molar-refractivity contribution in [3.05, 3.63) is 105 Å². The van der Waals surface area contributed by atoms with E-state index in [1.807, 2.05) is 58.2 Å². The Bertz CT molecular complexity index is 1240. The van der Waals surface area contributed by atoms with Crippen LogP contribution in [0.25, 0.3) is 17.0 Å². The summed E-state index contributed by atoms with van der Waals surface area (Å²) < 4.78 is 0. The highest BCUT2D eigenvalue weighted by atomic mass is 35.5. The van der Waals surface area contributed by atoms with Gasteiger partial charge < -0.3 is 15.2 Å². The molecule has 198 valence electrons. The minimum Gasteiger partial charge on any atom is -0.478 e. The molecule has 6 nitrogen and oxygen atoms in total. The number of carbonyl (C=O) groups is 2. The van der Waals surface area contributed by atoms with Gasteiger partial charge in [-0.15, -0.1) is 13.2 Å². The van der Waals surface area contributed by atoms with Crippen molar-refractivity contribution in [2.75, 3.05) is 7.05 Å². The van der Waals surface area contributed by atoms with Crippen molar-refractivity contribution >= 4 is 40.8 Å². The van der Waals surface area contributed by atoms with Gasteiger partial charge in [0.05, 0.1) is 16.1 Å². The number of nitrogens with one attached hydrogen (secondary N) is 1. The molecule has 0 saturated heterocycles. The van der Waals surface area contributed by atoms with Crippen molar-refractivity contribution in [3.63, 3.8) is 0 Å². The summed E-state index contributed by atoms with van der Waals surface area (Å²) in [5.41, 5.74) is 4.17. The van der Waals surface area contributed by atoms with Crippen molar-refractivity contribution in [1.29, 1.82) is 0 Å². The van der Waals surface area contributed by atoms with Gasteiger partial charge in [-0.25, -0.2) is 4.79 Å². The van der Waals surface area contributed by atoms with Gasteiger partial charge in [0.25, 0.3) is 0 Å². The number of aliphatic carboxylic acids is 1. The fourth-order valence-corrected chi connectivity index (χ4v) is 3.28. The maximum absolute atomic E-state index is 12.5. The number of halogens is 1. The lowest BCUT2D eigenvalue weighted by atomic mass is 10.0. The summed E-state index contributed by atoms with van der Waals surface area (Å²) in [6, 6.07) is 5.41. The Morgan fingerprint density at radius 3 is 2.46 bits per heavy atom. The highest BCUT2D eigenvalue weighted by Crippen LogP contribution is 2.16. The second kappa shape index (κ2) is 18.5. The fraction of sp³-hybridized carbons (Fsp3) is 0.267. The third kappa shape index (κ3) is 11.2. The van der Waals surface area contributed by atoms with E-state index in [9.17, 15) is 14.4 Å². The van der Waals surface area contributed by atoms with Crippen LogP contribution in [-0.4, -0.2) is 29.4 Å². The molecule has 2 rings (SSSR count). The number of nitrogens with zero attached hydrogens (tertiary/aromatic N) is 1. The number of allylic oxidation sites excluding steroid dienone is 4. The molecule has 1 aromatic heterocycles. The molecule has 0 aliphatic heterocycles. The molecular weight excluding hydrogens is 488 g/mol. The van der Waals surface area contributed by atoms with Crippen LogP contribution in [0, 0.1) is 6.92 Å². The van der Waals surface area contributed by atoms with E-state index < -0.39 is 5.97 Å². The van der Waals surface area contributed by atoms with Crippen LogP contribution >= 0.6 is 11.6 Å². The molecule has 37 heavy (non-hydrogen) atoms. The van der Waals surface area contributed by atoms with Gasteiger partial charge in [0.2, 0.25) is 0 Å². The molecular formula is C30H37ClN2O4. The van der Waals surface area contributed by atoms with Crippen LogP contribution in [0.4, 0.5) is 0 Å². The molecule has 2 aromatic rings. The van der Waals surface area contributed by atoms with E-state index in [1.54, 1.807) is 31.3 Å². The van der Waals surface area contributed by atoms with Crippen molar-refractivity contribution in [1.82, 2.24) is 10.3 Å². The monoisotopic (exact) mass is 524 g/mol. The molecule has 0 aliphatic carbocycles. The third-order valence-electron chi connectivity index (χ3n) is 5.21. The Hall–Kier alpha value is -3.77. The smallest absolute Gasteiger partial charge is 0.335 e. The van der Waals surface area contributed by atoms with Crippen LogP contribution in [0.15, 0.2) is 83.5 Å². The molecule has 0 aliphatic rings. The molecule has 7 heteroatoms. The maximum Gasteiger partial charge on any atom is 0.335 e. The lowest BCUT2D eigenvalue weighted by molar-refractivity contribution is -0.132. The van der Waals surface area contributed by atoms with Crippen LogP contribution in [0.1, 0.15) is 51.2 Å². The number of hydrogen-bond acceptors (Lipinski definition) is 5. The predicted octanol–water partition coefficient (Wildman–Crippen LogP) is 6.83. The number of aldehydes is 1. The van der Waals surface area contributed by atoms with Gasteiger partial charge in [-0.1, -0.05) is 54.5 Å². The summed E-state index contributed by atoms with van der Waals surface area (Å²) in [6.45, 7) is 13.5. The van der Waals surface area contributed by atoms with Gasteiger partial charge in [-0.2, -0.15) is 0 Å². The normalized spacial score (nSPS) is 11.8. The van der Waals surface area contributed by atoms with Gasteiger partial charge in [-0.3, -0.25) is 9.78 Å². The van der Waals surface area contributed by atoms with Gasteiger partial charge >= 0.3 is 5.97 Å². The molecule has 0 bridgehead atoms. The third-order valence-corrected chi connectivity index (χ3v) is 5.42. The number of carbonyl (C=O) groups excluding carboxylic acids is 1. The molecule has 0 fully saturated rings. The maximum atomic E-state index is 12.5. The second-order valence-electron chi connectivity index (χ2n) is 7.67. The zero-order valence-corrected chi connectivity index (χ0v) is 23.1. The average molecular weight is 525 g/mol. The summed E-state index contributed by atoms with van der Waals surface area (Å²) in [7, 11) is 1.86. The van der Waals surface area contributed by atoms with Crippen molar-refractivity contribution < 1.29 is 14.7 Å². The summed E-state index contributed by atoms with van der Waals surface area (Å²) in [5.74, 6) is -0.932.